The maximum atomic E-state index is 8.95. The van der Waals surface area contributed by atoms with Crippen molar-refractivity contribution in [3.63, 3.8) is 0 Å². The summed E-state index contributed by atoms with van der Waals surface area (Å²) in [5, 5.41) is 13.6. The van der Waals surface area contributed by atoms with Crippen molar-refractivity contribution in [3.8, 4) is 0 Å². The van der Waals surface area contributed by atoms with Crippen molar-refractivity contribution in [3.05, 3.63) is 17.5 Å². The second kappa shape index (κ2) is 7.03. The predicted molar refractivity (Wildman–Crippen MR) is 76.1 cm³/mol. The molecule has 108 valence electrons. The molecular formula is C14H26N4O. The molecule has 1 aromatic heterocycles. The first-order chi connectivity index (χ1) is 9.26. The SMILES string of the molecule is CCc1cc(CN2CCN(CCO)CC2)n(CC)n1. The van der Waals surface area contributed by atoms with Crippen molar-refractivity contribution < 1.29 is 5.11 Å². The quantitative estimate of drug-likeness (QED) is 0.818. The van der Waals surface area contributed by atoms with E-state index in [4.69, 9.17) is 5.11 Å². The van der Waals surface area contributed by atoms with Crippen LogP contribution in [0.5, 0.6) is 0 Å². The monoisotopic (exact) mass is 266 g/mol. The number of aromatic nitrogens is 2. The number of aliphatic hydroxyl groups is 1. The lowest BCUT2D eigenvalue weighted by atomic mass is 10.2. The maximum Gasteiger partial charge on any atom is 0.0625 e. The minimum absolute atomic E-state index is 0.266. The van der Waals surface area contributed by atoms with E-state index in [0.717, 1.165) is 52.2 Å². The largest absolute Gasteiger partial charge is 0.395 e. The van der Waals surface area contributed by atoms with Gasteiger partial charge in [0.2, 0.25) is 0 Å². The predicted octanol–water partition coefficient (Wildman–Crippen LogP) is 0.575. The Balaban J connectivity index is 1.89. The van der Waals surface area contributed by atoms with Crippen LogP contribution in [0.1, 0.15) is 25.2 Å². The first-order valence-corrected chi connectivity index (χ1v) is 7.38. The first kappa shape index (κ1) is 14.5. The van der Waals surface area contributed by atoms with Gasteiger partial charge in [0, 0.05) is 45.8 Å². The fourth-order valence-electron chi connectivity index (χ4n) is 2.63. The Hall–Kier alpha value is -0.910. The Kier molecular flexibility index (Phi) is 5.36. The Morgan fingerprint density at radius 3 is 2.42 bits per heavy atom. The topological polar surface area (TPSA) is 44.5 Å². The molecule has 1 aromatic rings. The van der Waals surface area contributed by atoms with E-state index >= 15 is 0 Å². The van der Waals surface area contributed by atoms with Gasteiger partial charge in [-0.2, -0.15) is 5.10 Å². The molecule has 1 N–H and O–H groups in total. The van der Waals surface area contributed by atoms with Gasteiger partial charge in [-0.25, -0.2) is 0 Å². The zero-order chi connectivity index (χ0) is 13.7. The Labute approximate surface area is 115 Å². The third kappa shape index (κ3) is 3.78. The minimum Gasteiger partial charge on any atom is -0.395 e. The third-order valence-corrected chi connectivity index (χ3v) is 3.84. The molecule has 0 aromatic carbocycles. The van der Waals surface area contributed by atoms with Crippen LogP contribution < -0.4 is 0 Å². The van der Waals surface area contributed by atoms with E-state index in [1.54, 1.807) is 0 Å². The molecule has 1 aliphatic heterocycles. The highest BCUT2D eigenvalue weighted by atomic mass is 16.3. The number of β-amino-alcohol motifs (C(OH)–C–C–N with tert-alkyl or cyclic N) is 1. The summed E-state index contributed by atoms with van der Waals surface area (Å²) >= 11 is 0. The number of hydrogen-bond donors (Lipinski definition) is 1. The number of piperazine rings is 1. The Morgan fingerprint density at radius 2 is 1.84 bits per heavy atom. The fourth-order valence-corrected chi connectivity index (χ4v) is 2.63. The van der Waals surface area contributed by atoms with Crippen molar-refractivity contribution in [2.75, 3.05) is 39.3 Å². The third-order valence-electron chi connectivity index (χ3n) is 3.84. The summed E-state index contributed by atoms with van der Waals surface area (Å²) in [6.45, 7) is 11.6. The lowest BCUT2D eigenvalue weighted by Crippen LogP contribution is -2.46. The molecule has 0 atom stereocenters. The van der Waals surface area contributed by atoms with Crippen LogP contribution in [0, 0.1) is 0 Å². The molecule has 0 unspecified atom stereocenters. The molecule has 1 aliphatic rings. The van der Waals surface area contributed by atoms with E-state index in [0.29, 0.717) is 0 Å². The van der Waals surface area contributed by atoms with Crippen molar-refractivity contribution >= 4 is 0 Å². The van der Waals surface area contributed by atoms with Crippen LogP contribution in [0.2, 0.25) is 0 Å². The van der Waals surface area contributed by atoms with E-state index in [1.165, 1.54) is 11.4 Å². The average Bonchev–Trinajstić information content (AvgIpc) is 2.83. The highest BCUT2D eigenvalue weighted by molar-refractivity contribution is 5.10. The molecule has 2 rings (SSSR count). The van der Waals surface area contributed by atoms with Crippen molar-refractivity contribution in [2.24, 2.45) is 0 Å². The fraction of sp³-hybridized carbons (Fsp3) is 0.786. The molecule has 1 saturated heterocycles. The summed E-state index contributed by atoms with van der Waals surface area (Å²) in [6.07, 6.45) is 1.00. The van der Waals surface area contributed by atoms with Gasteiger partial charge in [-0.05, 0) is 19.4 Å². The van der Waals surface area contributed by atoms with Crippen LogP contribution in [-0.2, 0) is 19.5 Å². The van der Waals surface area contributed by atoms with Crippen LogP contribution in [0.3, 0.4) is 0 Å². The van der Waals surface area contributed by atoms with E-state index in [1.807, 2.05) is 0 Å². The van der Waals surface area contributed by atoms with Crippen molar-refractivity contribution in [1.29, 1.82) is 0 Å². The van der Waals surface area contributed by atoms with Gasteiger partial charge in [0.05, 0.1) is 18.0 Å². The Morgan fingerprint density at radius 1 is 1.16 bits per heavy atom. The molecule has 0 aliphatic carbocycles. The standard InChI is InChI=1S/C14H26N4O/c1-3-13-11-14(18(4-2)15-13)12-17-7-5-16(6-8-17)9-10-19/h11,19H,3-10,12H2,1-2H3. The summed E-state index contributed by atoms with van der Waals surface area (Å²) < 4.78 is 2.12. The number of aryl methyl sites for hydroxylation is 2. The molecule has 19 heavy (non-hydrogen) atoms. The summed E-state index contributed by atoms with van der Waals surface area (Å²) in [5.74, 6) is 0. The molecule has 1 fully saturated rings. The van der Waals surface area contributed by atoms with Gasteiger partial charge in [0.1, 0.15) is 0 Å². The van der Waals surface area contributed by atoms with Crippen LogP contribution >= 0.6 is 0 Å². The van der Waals surface area contributed by atoms with Gasteiger partial charge in [-0.15, -0.1) is 0 Å². The number of hydrogen-bond acceptors (Lipinski definition) is 4. The summed E-state index contributed by atoms with van der Waals surface area (Å²) in [7, 11) is 0. The lowest BCUT2D eigenvalue weighted by Gasteiger charge is -2.34. The van der Waals surface area contributed by atoms with Crippen LogP contribution in [0.4, 0.5) is 0 Å². The van der Waals surface area contributed by atoms with Crippen molar-refractivity contribution in [2.45, 2.75) is 33.4 Å². The molecule has 0 saturated carbocycles. The van der Waals surface area contributed by atoms with Gasteiger partial charge in [-0.3, -0.25) is 14.5 Å². The number of rotatable bonds is 6. The molecule has 0 radical (unpaired) electrons. The van der Waals surface area contributed by atoms with Gasteiger partial charge in [-0.1, -0.05) is 6.92 Å². The highest BCUT2D eigenvalue weighted by Gasteiger charge is 2.18. The second-order valence-electron chi connectivity index (χ2n) is 5.14. The second-order valence-corrected chi connectivity index (χ2v) is 5.14. The highest BCUT2D eigenvalue weighted by Crippen LogP contribution is 2.11. The normalized spacial score (nSPS) is 18.1. The summed E-state index contributed by atoms with van der Waals surface area (Å²) in [6, 6.07) is 2.24. The van der Waals surface area contributed by atoms with E-state index < -0.39 is 0 Å². The molecular weight excluding hydrogens is 240 g/mol. The van der Waals surface area contributed by atoms with Crippen LogP contribution in [-0.4, -0.2) is 64.0 Å². The maximum absolute atomic E-state index is 8.95. The van der Waals surface area contributed by atoms with E-state index in [-0.39, 0.29) is 6.61 Å². The first-order valence-electron chi connectivity index (χ1n) is 7.38. The molecule has 5 nitrogen and oxygen atoms in total. The smallest absolute Gasteiger partial charge is 0.0625 e. The van der Waals surface area contributed by atoms with Crippen LogP contribution in [0.25, 0.3) is 0 Å². The molecule has 5 heteroatoms. The van der Waals surface area contributed by atoms with Crippen LogP contribution in [0.15, 0.2) is 6.07 Å². The van der Waals surface area contributed by atoms with Crippen molar-refractivity contribution in [1.82, 2.24) is 19.6 Å². The average molecular weight is 266 g/mol. The molecule has 0 bridgehead atoms. The zero-order valence-electron chi connectivity index (χ0n) is 12.2. The van der Waals surface area contributed by atoms with E-state index in [9.17, 15) is 0 Å². The zero-order valence-corrected chi connectivity index (χ0v) is 12.2. The molecule has 0 amide bonds. The molecule has 0 spiro atoms. The molecule has 2 heterocycles. The van der Waals surface area contributed by atoms with Gasteiger partial charge in [0.25, 0.3) is 0 Å². The van der Waals surface area contributed by atoms with E-state index in [2.05, 4.69) is 39.5 Å². The van der Waals surface area contributed by atoms with Gasteiger partial charge >= 0.3 is 0 Å². The van der Waals surface area contributed by atoms with Gasteiger partial charge in [0.15, 0.2) is 0 Å². The summed E-state index contributed by atoms with van der Waals surface area (Å²) in [5.41, 5.74) is 2.52. The number of aliphatic hydroxyl groups excluding tert-OH is 1. The lowest BCUT2D eigenvalue weighted by molar-refractivity contribution is 0.107. The number of nitrogens with zero attached hydrogens (tertiary/aromatic N) is 4. The minimum atomic E-state index is 0.266. The summed E-state index contributed by atoms with van der Waals surface area (Å²) in [4.78, 5) is 4.81. The van der Waals surface area contributed by atoms with Gasteiger partial charge < -0.3 is 5.11 Å². The Bertz CT molecular complexity index is 383.